The van der Waals surface area contributed by atoms with Crippen LogP contribution in [-0.4, -0.2) is 51.5 Å². The lowest BCUT2D eigenvalue weighted by molar-refractivity contribution is -0.115. The van der Waals surface area contributed by atoms with Gasteiger partial charge in [-0.3, -0.25) is 14.2 Å². The Hall–Kier alpha value is -3.68. The van der Waals surface area contributed by atoms with Crippen molar-refractivity contribution in [1.82, 2.24) is 20.1 Å². The number of nitrogens with zero attached hydrogens (tertiary/aromatic N) is 3. The molecule has 5 rings (SSSR count). The number of esters is 1. The second kappa shape index (κ2) is 12.9. The third kappa shape index (κ3) is 6.16. The Balaban J connectivity index is 1.38. The topological polar surface area (TPSA) is 124 Å². The molecule has 214 valence electrons. The number of nitrogens with one attached hydrogen (secondary N) is 2. The van der Waals surface area contributed by atoms with Gasteiger partial charge < -0.3 is 20.1 Å². The quantitative estimate of drug-likeness (QED) is 0.177. The predicted octanol–water partition coefficient (Wildman–Crippen LogP) is 5.11. The Kier molecular flexibility index (Phi) is 9.06. The van der Waals surface area contributed by atoms with Gasteiger partial charge in [-0.05, 0) is 62.3 Å². The summed E-state index contributed by atoms with van der Waals surface area (Å²) in [7, 11) is 1.57. The number of carbonyl (C=O) groups is 3. The van der Waals surface area contributed by atoms with Gasteiger partial charge in [0.25, 0.3) is 5.91 Å². The predicted molar refractivity (Wildman–Crippen MR) is 160 cm³/mol. The maximum Gasteiger partial charge on any atom is 0.341 e. The summed E-state index contributed by atoms with van der Waals surface area (Å²) < 4.78 is 12.7. The minimum atomic E-state index is -0.590. The normalized spacial score (nSPS) is 13.0. The monoisotopic (exact) mass is 611 g/mol. The minimum Gasteiger partial charge on any atom is -0.495 e. The van der Waals surface area contributed by atoms with Gasteiger partial charge in [0.05, 0.1) is 41.6 Å². The van der Waals surface area contributed by atoms with Crippen LogP contribution in [0.15, 0.2) is 46.9 Å². The van der Waals surface area contributed by atoms with Crippen molar-refractivity contribution in [3.05, 3.63) is 68.5 Å². The van der Waals surface area contributed by atoms with Gasteiger partial charge in [-0.1, -0.05) is 30.0 Å². The SMILES string of the molecule is CCOC(=O)c1c(NC(=O)[C@H](C)Sc2nnc(CNC(=O)c3cccs3)n2-c2ccccc2OC)sc2c1CCC2. The Morgan fingerprint density at radius 3 is 2.73 bits per heavy atom. The van der Waals surface area contributed by atoms with E-state index in [1.807, 2.05) is 35.7 Å². The van der Waals surface area contributed by atoms with E-state index in [2.05, 4.69) is 20.8 Å². The highest BCUT2D eigenvalue weighted by Crippen LogP contribution is 2.40. The van der Waals surface area contributed by atoms with Crippen LogP contribution in [0.25, 0.3) is 5.69 Å². The Bertz CT molecular complexity index is 1560. The number of benzene rings is 1. The first-order valence-electron chi connectivity index (χ1n) is 13.1. The van der Waals surface area contributed by atoms with Gasteiger partial charge in [0, 0.05) is 4.88 Å². The second-order valence-electron chi connectivity index (χ2n) is 9.10. The van der Waals surface area contributed by atoms with Crippen molar-refractivity contribution in [3.8, 4) is 11.4 Å². The van der Waals surface area contributed by atoms with Gasteiger partial charge in [-0.2, -0.15) is 0 Å². The molecule has 0 unspecified atom stereocenters. The van der Waals surface area contributed by atoms with Gasteiger partial charge in [0.15, 0.2) is 11.0 Å². The summed E-state index contributed by atoms with van der Waals surface area (Å²) in [6.45, 7) is 3.91. The van der Waals surface area contributed by atoms with Crippen molar-refractivity contribution >= 4 is 57.2 Å². The van der Waals surface area contributed by atoms with E-state index >= 15 is 0 Å². The number of aromatic nitrogens is 3. The van der Waals surface area contributed by atoms with E-state index in [4.69, 9.17) is 9.47 Å². The lowest BCUT2D eigenvalue weighted by atomic mass is 10.1. The van der Waals surface area contributed by atoms with E-state index in [1.54, 1.807) is 31.6 Å². The zero-order chi connectivity index (χ0) is 28.9. The summed E-state index contributed by atoms with van der Waals surface area (Å²) in [4.78, 5) is 40.4. The summed E-state index contributed by atoms with van der Waals surface area (Å²) in [5.74, 6) is 0.171. The lowest BCUT2D eigenvalue weighted by Crippen LogP contribution is -2.25. The third-order valence-electron chi connectivity index (χ3n) is 6.47. The standard InChI is InChI=1S/C28H29N5O5S3/c1-4-38-27(36)23-17-9-7-12-20(17)41-26(23)30-24(34)16(2)40-28-32-31-22(15-29-25(35)21-13-8-14-39-21)33(28)18-10-5-6-11-19(18)37-3/h5-6,8,10-11,13-14,16H,4,7,9,12,15H2,1-3H3,(H,29,35)(H,30,34)/t16-/m0/s1. The minimum absolute atomic E-state index is 0.118. The van der Waals surface area contributed by atoms with Gasteiger partial charge in [-0.15, -0.1) is 32.9 Å². The number of methoxy groups -OCH3 is 1. The highest BCUT2D eigenvalue weighted by atomic mass is 32.2. The number of hydrogen-bond donors (Lipinski definition) is 2. The van der Waals surface area contributed by atoms with E-state index < -0.39 is 11.2 Å². The van der Waals surface area contributed by atoms with Crippen LogP contribution in [0.4, 0.5) is 5.00 Å². The number of thiophene rings is 2. The fraction of sp³-hybridized carbons (Fsp3) is 0.321. The molecule has 2 N–H and O–H groups in total. The van der Waals surface area contributed by atoms with Crippen molar-refractivity contribution < 1.29 is 23.9 Å². The molecule has 0 aliphatic heterocycles. The first kappa shape index (κ1) is 28.8. The maximum atomic E-state index is 13.4. The number of carbonyl (C=O) groups excluding carboxylic acids is 3. The molecule has 2 amide bonds. The molecule has 0 bridgehead atoms. The lowest BCUT2D eigenvalue weighted by Gasteiger charge is -2.16. The largest absolute Gasteiger partial charge is 0.495 e. The number of anilines is 1. The number of aryl methyl sites for hydroxylation is 1. The first-order valence-corrected chi connectivity index (χ1v) is 15.7. The number of fused-ring (bicyclic) bond motifs is 1. The molecule has 3 heterocycles. The number of ether oxygens (including phenoxy) is 2. The Labute approximate surface area is 249 Å². The van der Waals surface area contributed by atoms with Crippen molar-refractivity contribution in [1.29, 1.82) is 0 Å². The molecule has 0 spiro atoms. The van der Waals surface area contributed by atoms with E-state index in [9.17, 15) is 14.4 Å². The Morgan fingerprint density at radius 1 is 1.15 bits per heavy atom. The average molecular weight is 612 g/mol. The van der Waals surface area contributed by atoms with Gasteiger partial charge >= 0.3 is 5.97 Å². The fourth-order valence-corrected chi connectivity index (χ4v) is 7.34. The molecule has 0 saturated carbocycles. The average Bonchev–Trinajstić information content (AvgIpc) is 3.77. The molecule has 3 aromatic heterocycles. The zero-order valence-electron chi connectivity index (χ0n) is 22.8. The highest BCUT2D eigenvalue weighted by molar-refractivity contribution is 8.00. The van der Waals surface area contributed by atoms with Crippen LogP contribution in [0.2, 0.25) is 0 Å². The molecule has 13 heteroatoms. The summed E-state index contributed by atoms with van der Waals surface area (Å²) in [6.07, 6.45) is 2.68. The van der Waals surface area contributed by atoms with Crippen LogP contribution in [0.5, 0.6) is 5.75 Å². The van der Waals surface area contributed by atoms with Gasteiger partial charge in [0.1, 0.15) is 10.8 Å². The number of thioether (sulfide) groups is 1. The van der Waals surface area contributed by atoms with Crippen LogP contribution in [0, 0.1) is 0 Å². The van der Waals surface area contributed by atoms with Crippen LogP contribution in [0.1, 0.15) is 56.6 Å². The molecule has 0 fully saturated rings. The van der Waals surface area contributed by atoms with E-state index in [0.29, 0.717) is 37.9 Å². The summed E-state index contributed by atoms with van der Waals surface area (Å²) in [5, 5.41) is 16.8. The molecule has 1 atom stereocenters. The third-order valence-corrected chi connectivity index (χ3v) is 9.59. The molecule has 41 heavy (non-hydrogen) atoms. The molecule has 1 aromatic carbocycles. The maximum absolute atomic E-state index is 13.4. The Morgan fingerprint density at radius 2 is 1.98 bits per heavy atom. The molecular formula is C28H29N5O5S3. The van der Waals surface area contributed by atoms with Crippen molar-refractivity contribution in [2.24, 2.45) is 0 Å². The number of para-hydroxylation sites is 2. The molecule has 4 aromatic rings. The zero-order valence-corrected chi connectivity index (χ0v) is 25.2. The molecule has 0 saturated heterocycles. The fourth-order valence-electron chi connectivity index (χ4n) is 4.54. The summed E-state index contributed by atoms with van der Waals surface area (Å²) in [5.41, 5.74) is 2.12. The number of amides is 2. The summed E-state index contributed by atoms with van der Waals surface area (Å²) in [6, 6.07) is 11.0. The van der Waals surface area contributed by atoms with Crippen LogP contribution < -0.4 is 15.4 Å². The molecule has 10 nitrogen and oxygen atoms in total. The van der Waals surface area contributed by atoms with Crippen molar-refractivity contribution in [2.45, 2.75) is 50.1 Å². The van der Waals surface area contributed by atoms with Crippen LogP contribution >= 0.6 is 34.4 Å². The number of hydrogen-bond acceptors (Lipinski definition) is 10. The van der Waals surface area contributed by atoms with Crippen molar-refractivity contribution in [2.75, 3.05) is 19.0 Å². The van der Waals surface area contributed by atoms with Crippen molar-refractivity contribution in [3.63, 3.8) is 0 Å². The molecule has 1 aliphatic carbocycles. The van der Waals surface area contributed by atoms with Gasteiger partial charge in [0.2, 0.25) is 5.91 Å². The molecule has 1 aliphatic rings. The number of rotatable bonds is 11. The summed E-state index contributed by atoms with van der Waals surface area (Å²) >= 11 is 4.01. The van der Waals surface area contributed by atoms with Crippen LogP contribution in [-0.2, 0) is 28.9 Å². The first-order chi connectivity index (χ1) is 19.9. The molecule has 0 radical (unpaired) electrons. The highest BCUT2D eigenvalue weighted by Gasteiger charge is 2.30. The van der Waals surface area contributed by atoms with E-state index in [1.165, 1.54) is 34.4 Å². The van der Waals surface area contributed by atoms with Gasteiger partial charge in [-0.25, -0.2) is 4.79 Å². The van der Waals surface area contributed by atoms with Crippen LogP contribution in [0.3, 0.4) is 0 Å². The van der Waals surface area contributed by atoms with E-state index in [0.717, 1.165) is 29.7 Å². The van der Waals surface area contributed by atoms with E-state index in [-0.39, 0.29) is 25.0 Å². The second-order valence-corrected chi connectivity index (χ2v) is 12.5. The molecular weight excluding hydrogens is 583 g/mol. The smallest absolute Gasteiger partial charge is 0.341 e.